The highest BCUT2D eigenvalue weighted by atomic mass is 35.5. The minimum Gasteiger partial charge on any atom is -0.486 e. The van der Waals surface area contributed by atoms with Crippen molar-refractivity contribution in [3.05, 3.63) is 29.8 Å². The third kappa shape index (κ3) is 4.38. The summed E-state index contributed by atoms with van der Waals surface area (Å²) in [5.74, 6) is 0.793. The Hall–Kier alpha value is -1.22. The van der Waals surface area contributed by atoms with E-state index in [1.165, 1.54) is 0 Å². The van der Waals surface area contributed by atoms with Crippen LogP contribution in [0.3, 0.4) is 0 Å². The molecule has 0 radical (unpaired) electrons. The average Bonchev–Trinajstić information content (AvgIpc) is 2.01. The van der Waals surface area contributed by atoms with Crippen molar-refractivity contribution in [2.45, 2.75) is 6.92 Å². The molecule has 0 aliphatic rings. The van der Waals surface area contributed by atoms with Crippen LogP contribution in [0, 0.1) is 12.3 Å². The summed E-state index contributed by atoms with van der Waals surface area (Å²) >= 11 is 0. The van der Waals surface area contributed by atoms with E-state index < -0.39 is 0 Å². The molecule has 13 heavy (non-hydrogen) atoms. The molecule has 0 amide bonds. The van der Waals surface area contributed by atoms with Gasteiger partial charge >= 0.3 is 0 Å². The molecule has 0 heterocycles. The van der Waals surface area contributed by atoms with Crippen LogP contribution in [0.25, 0.3) is 0 Å². The van der Waals surface area contributed by atoms with E-state index in [0.717, 1.165) is 11.3 Å². The van der Waals surface area contributed by atoms with Gasteiger partial charge in [-0.05, 0) is 24.6 Å². The Morgan fingerprint density at radius 3 is 2.77 bits per heavy atom. The lowest BCUT2D eigenvalue weighted by atomic mass is 10.2. The summed E-state index contributed by atoms with van der Waals surface area (Å²) in [6.45, 7) is 2.14. The molecule has 0 atom stereocenters. The molecule has 3 N–H and O–H groups in total. The number of hydrogen-bond donors (Lipinski definition) is 2. The second-order valence-electron chi connectivity index (χ2n) is 2.63. The van der Waals surface area contributed by atoms with Gasteiger partial charge in [0, 0.05) is 0 Å². The lowest BCUT2D eigenvalue weighted by Crippen LogP contribution is -2.19. The van der Waals surface area contributed by atoms with Gasteiger partial charge in [0.15, 0.2) is 0 Å². The summed E-state index contributed by atoms with van der Waals surface area (Å²) in [7, 11) is 0. The van der Waals surface area contributed by atoms with Crippen molar-refractivity contribution in [2.24, 2.45) is 5.73 Å². The highest BCUT2D eigenvalue weighted by molar-refractivity contribution is 5.85. The van der Waals surface area contributed by atoms with E-state index in [0.29, 0.717) is 0 Å². The fraction of sp³-hybridized carbons (Fsp3) is 0.222. The van der Waals surface area contributed by atoms with E-state index in [9.17, 15) is 0 Å². The van der Waals surface area contributed by atoms with Crippen LogP contribution in [0.4, 0.5) is 0 Å². The quantitative estimate of drug-likeness (QED) is 0.577. The zero-order valence-corrected chi connectivity index (χ0v) is 8.23. The molecule has 0 saturated heterocycles. The van der Waals surface area contributed by atoms with Crippen molar-refractivity contribution >= 4 is 18.2 Å². The first-order valence-corrected chi connectivity index (χ1v) is 3.71. The van der Waals surface area contributed by atoms with Gasteiger partial charge in [-0.15, -0.1) is 12.4 Å². The molecular weight excluding hydrogens is 188 g/mol. The van der Waals surface area contributed by atoms with Crippen molar-refractivity contribution in [3.8, 4) is 5.75 Å². The number of benzene rings is 1. The van der Waals surface area contributed by atoms with Crippen LogP contribution >= 0.6 is 12.4 Å². The van der Waals surface area contributed by atoms with Crippen LogP contribution in [-0.4, -0.2) is 12.4 Å². The maximum Gasteiger partial charge on any atom is 0.145 e. The smallest absolute Gasteiger partial charge is 0.145 e. The maximum absolute atomic E-state index is 6.95. The second kappa shape index (κ2) is 5.43. The Balaban J connectivity index is 0.00000144. The van der Waals surface area contributed by atoms with Gasteiger partial charge < -0.3 is 10.5 Å². The van der Waals surface area contributed by atoms with E-state index >= 15 is 0 Å². The largest absolute Gasteiger partial charge is 0.486 e. The molecule has 1 aromatic carbocycles. The Bertz CT molecular complexity index is 289. The normalized spacial score (nSPS) is 8.69. The third-order valence-corrected chi connectivity index (χ3v) is 1.38. The van der Waals surface area contributed by atoms with Crippen molar-refractivity contribution in [2.75, 3.05) is 6.61 Å². The summed E-state index contributed by atoms with van der Waals surface area (Å²) in [5, 5.41) is 6.95. The summed E-state index contributed by atoms with van der Waals surface area (Å²) in [6, 6.07) is 7.64. The lowest BCUT2D eigenvalue weighted by Gasteiger charge is -2.04. The zero-order valence-electron chi connectivity index (χ0n) is 7.41. The van der Waals surface area contributed by atoms with Gasteiger partial charge in [0.2, 0.25) is 0 Å². The molecule has 3 nitrogen and oxygen atoms in total. The van der Waals surface area contributed by atoms with Gasteiger partial charge in [0.05, 0.1) is 0 Å². The predicted octanol–water partition coefficient (Wildman–Crippen LogP) is 1.73. The average molecular weight is 201 g/mol. The van der Waals surface area contributed by atoms with Crippen LogP contribution < -0.4 is 10.5 Å². The Morgan fingerprint density at radius 1 is 1.54 bits per heavy atom. The van der Waals surface area contributed by atoms with Crippen LogP contribution in [0.5, 0.6) is 5.75 Å². The van der Waals surface area contributed by atoms with E-state index in [4.69, 9.17) is 15.9 Å². The van der Waals surface area contributed by atoms with E-state index in [-0.39, 0.29) is 24.8 Å². The van der Waals surface area contributed by atoms with Crippen molar-refractivity contribution in [1.82, 2.24) is 0 Å². The molecule has 0 spiro atoms. The molecule has 0 unspecified atom stereocenters. The van der Waals surface area contributed by atoms with E-state index in [1.54, 1.807) is 0 Å². The number of hydrogen-bond acceptors (Lipinski definition) is 2. The van der Waals surface area contributed by atoms with Crippen molar-refractivity contribution < 1.29 is 4.74 Å². The molecule has 4 heteroatoms. The third-order valence-electron chi connectivity index (χ3n) is 1.38. The van der Waals surface area contributed by atoms with Crippen molar-refractivity contribution in [1.29, 1.82) is 5.41 Å². The van der Waals surface area contributed by atoms with Gasteiger partial charge in [0.25, 0.3) is 0 Å². The highest BCUT2D eigenvalue weighted by Gasteiger charge is 1.93. The fourth-order valence-corrected chi connectivity index (χ4v) is 0.866. The highest BCUT2D eigenvalue weighted by Crippen LogP contribution is 2.11. The summed E-state index contributed by atoms with van der Waals surface area (Å²) in [6.07, 6.45) is 0. The number of rotatable bonds is 3. The number of nitrogens with two attached hydrogens (primary N) is 1. The molecule has 72 valence electrons. The number of ether oxygens (including phenoxy) is 1. The first-order valence-electron chi connectivity index (χ1n) is 3.71. The SMILES string of the molecule is Cc1cccc(OCC(=N)N)c1.Cl. The van der Waals surface area contributed by atoms with Crippen LogP contribution in [0.15, 0.2) is 24.3 Å². The topological polar surface area (TPSA) is 59.1 Å². The van der Waals surface area contributed by atoms with Gasteiger partial charge in [-0.1, -0.05) is 12.1 Å². The first kappa shape index (κ1) is 11.8. The zero-order chi connectivity index (χ0) is 8.97. The number of amidine groups is 1. The Morgan fingerprint density at radius 2 is 2.23 bits per heavy atom. The minimum atomic E-state index is 0. The van der Waals surface area contributed by atoms with Crippen LogP contribution in [0.1, 0.15) is 5.56 Å². The first-order chi connectivity index (χ1) is 5.68. The van der Waals surface area contributed by atoms with Crippen LogP contribution in [0.2, 0.25) is 0 Å². The van der Waals surface area contributed by atoms with E-state index in [2.05, 4.69) is 0 Å². The number of halogens is 1. The number of aryl methyl sites for hydroxylation is 1. The van der Waals surface area contributed by atoms with Gasteiger partial charge in [0.1, 0.15) is 18.2 Å². The molecule has 1 rings (SSSR count). The standard InChI is InChI=1S/C9H12N2O.ClH/c1-7-3-2-4-8(5-7)12-6-9(10)11;/h2-5H,6H2,1H3,(H3,10,11);1H. The molecular formula is C9H13ClN2O. The molecule has 0 aliphatic carbocycles. The molecule has 1 aromatic rings. The van der Waals surface area contributed by atoms with Crippen molar-refractivity contribution in [3.63, 3.8) is 0 Å². The monoisotopic (exact) mass is 200 g/mol. The van der Waals surface area contributed by atoms with Gasteiger partial charge in [-0.25, -0.2) is 0 Å². The Kier molecular flexibility index (Phi) is 4.92. The molecule has 0 aromatic heterocycles. The number of nitrogens with one attached hydrogen (secondary N) is 1. The minimum absolute atomic E-state index is 0. The van der Waals surface area contributed by atoms with Crippen LogP contribution in [-0.2, 0) is 0 Å². The molecule has 0 bridgehead atoms. The molecule has 0 saturated carbocycles. The fourth-order valence-electron chi connectivity index (χ4n) is 0.866. The second-order valence-corrected chi connectivity index (χ2v) is 2.63. The predicted molar refractivity (Wildman–Crippen MR) is 55.8 cm³/mol. The van der Waals surface area contributed by atoms with E-state index in [1.807, 2.05) is 31.2 Å². The molecule has 0 aliphatic heterocycles. The molecule has 0 fully saturated rings. The summed E-state index contributed by atoms with van der Waals surface area (Å²) in [5.41, 5.74) is 6.27. The lowest BCUT2D eigenvalue weighted by molar-refractivity contribution is 0.374. The Labute approximate surface area is 83.8 Å². The summed E-state index contributed by atoms with van der Waals surface area (Å²) in [4.78, 5) is 0. The van der Waals surface area contributed by atoms with Gasteiger partial charge in [-0.3, -0.25) is 5.41 Å². The maximum atomic E-state index is 6.95. The summed E-state index contributed by atoms with van der Waals surface area (Å²) < 4.78 is 5.20. The van der Waals surface area contributed by atoms with Gasteiger partial charge in [-0.2, -0.15) is 0 Å².